The summed E-state index contributed by atoms with van der Waals surface area (Å²) in [6.07, 6.45) is -3.68. The van der Waals surface area contributed by atoms with Gasteiger partial charge in [0.2, 0.25) is 5.13 Å². The number of hydrogen-bond donors (Lipinski definition) is 1. The number of ether oxygens (including phenoxy) is 1. The molecule has 8 heteroatoms. The number of nitrogens with one attached hydrogen (secondary N) is 1. The highest BCUT2D eigenvalue weighted by molar-refractivity contribution is 7.09. The third kappa shape index (κ3) is 4.68. The van der Waals surface area contributed by atoms with Gasteiger partial charge in [0.25, 0.3) is 0 Å². The van der Waals surface area contributed by atoms with Crippen LogP contribution in [-0.2, 0) is 23.9 Å². The van der Waals surface area contributed by atoms with Gasteiger partial charge in [0.05, 0.1) is 5.56 Å². The number of anilines is 1. The average Bonchev–Trinajstić information content (AvgIpc) is 2.86. The first-order chi connectivity index (χ1) is 9.99. The molecule has 0 atom stereocenters. The minimum atomic E-state index is -4.29. The fraction of sp³-hybridized carbons (Fsp3) is 0.385. The van der Waals surface area contributed by atoms with Crippen molar-refractivity contribution in [3.63, 3.8) is 0 Å². The molecule has 0 amide bonds. The molecule has 0 bridgehead atoms. The average molecular weight is 317 g/mol. The first kappa shape index (κ1) is 15.7. The van der Waals surface area contributed by atoms with Crippen LogP contribution in [0.2, 0.25) is 0 Å². The summed E-state index contributed by atoms with van der Waals surface area (Å²) in [5, 5.41) is 3.76. The standard InChI is InChI=1S/C13H14F3N3OS/c1-20-8-11-18-12(21-19-11)17-7-6-9-2-4-10(5-3-9)13(14,15)16/h2-5H,6-8H2,1H3,(H,17,18,19). The van der Waals surface area contributed by atoms with Gasteiger partial charge < -0.3 is 10.1 Å². The first-order valence-electron chi connectivity index (χ1n) is 6.20. The zero-order valence-corrected chi connectivity index (χ0v) is 12.1. The lowest BCUT2D eigenvalue weighted by Gasteiger charge is -2.07. The van der Waals surface area contributed by atoms with E-state index in [1.54, 1.807) is 7.11 Å². The van der Waals surface area contributed by atoms with Crippen LogP contribution >= 0.6 is 11.5 Å². The fourth-order valence-electron chi connectivity index (χ4n) is 1.69. The van der Waals surface area contributed by atoms with Crippen molar-refractivity contribution in [1.82, 2.24) is 9.36 Å². The Hall–Kier alpha value is -1.67. The van der Waals surface area contributed by atoms with E-state index in [-0.39, 0.29) is 0 Å². The van der Waals surface area contributed by atoms with Crippen molar-refractivity contribution in [2.24, 2.45) is 0 Å². The van der Waals surface area contributed by atoms with Crippen LogP contribution in [-0.4, -0.2) is 23.0 Å². The smallest absolute Gasteiger partial charge is 0.377 e. The van der Waals surface area contributed by atoms with E-state index in [0.717, 1.165) is 17.7 Å². The summed E-state index contributed by atoms with van der Waals surface area (Å²) in [4.78, 5) is 4.20. The van der Waals surface area contributed by atoms with Crippen molar-refractivity contribution in [1.29, 1.82) is 0 Å². The van der Waals surface area contributed by atoms with Gasteiger partial charge in [0.15, 0.2) is 5.82 Å². The van der Waals surface area contributed by atoms with E-state index in [0.29, 0.717) is 30.5 Å². The van der Waals surface area contributed by atoms with E-state index >= 15 is 0 Å². The van der Waals surface area contributed by atoms with Gasteiger partial charge in [-0.15, -0.1) is 0 Å². The second-order valence-electron chi connectivity index (χ2n) is 4.32. The van der Waals surface area contributed by atoms with E-state index in [1.165, 1.54) is 23.7 Å². The summed E-state index contributed by atoms with van der Waals surface area (Å²) in [6, 6.07) is 5.16. The summed E-state index contributed by atoms with van der Waals surface area (Å²) >= 11 is 1.23. The van der Waals surface area contributed by atoms with Crippen LogP contribution in [0.1, 0.15) is 17.0 Å². The van der Waals surface area contributed by atoms with Gasteiger partial charge in [-0.3, -0.25) is 0 Å². The number of aromatic nitrogens is 2. The molecule has 0 aliphatic rings. The lowest BCUT2D eigenvalue weighted by molar-refractivity contribution is -0.137. The summed E-state index contributed by atoms with van der Waals surface area (Å²) in [5.41, 5.74) is 0.199. The van der Waals surface area contributed by atoms with Gasteiger partial charge in [-0.1, -0.05) is 12.1 Å². The summed E-state index contributed by atoms with van der Waals surface area (Å²) in [7, 11) is 1.57. The number of rotatable bonds is 6. The Bertz CT molecular complexity index is 569. The number of halogens is 3. The van der Waals surface area contributed by atoms with E-state index < -0.39 is 11.7 Å². The molecule has 0 unspecified atom stereocenters. The van der Waals surface area contributed by atoms with Crippen molar-refractivity contribution in [2.45, 2.75) is 19.2 Å². The van der Waals surface area contributed by atoms with Gasteiger partial charge in [-0.25, -0.2) is 4.98 Å². The predicted octanol–water partition coefficient (Wildman–Crippen LogP) is 3.36. The van der Waals surface area contributed by atoms with Crippen LogP contribution in [0.5, 0.6) is 0 Å². The molecule has 1 aromatic carbocycles. The molecular weight excluding hydrogens is 303 g/mol. The zero-order valence-electron chi connectivity index (χ0n) is 11.3. The maximum absolute atomic E-state index is 12.4. The summed E-state index contributed by atoms with van der Waals surface area (Å²) in [5.74, 6) is 0.611. The van der Waals surface area contributed by atoms with Crippen molar-refractivity contribution >= 4 is 16.7 Å². The Morgan fingerprint density at radius 3 is 2.57 bits per heavy atom. The summed E-state index contributed by atoms with van der Waals surface area (Å²) < 4.78 is 46.3. The Labute approximate surface area is 124 Å². The van der Waals surface area contributed by atoms with Crippen LogP contribution in [0.15, 0.2) is 24.3 Å². The van der Waals surface area contributed by atoms with E-state index in [1.807, 2.05) is 0 Å². The van der Waals surface area contributed by atoms with Crippen molar-refractivity contribution in [2.75, 3.05) is 19.0 Å². The lowest BCUT2D eigenvalue weighted by Crippen LogP contribution is -2.07. The molecule has 2 aromatic rings. The van der Waals surface area contributed by atoms with Gasteiger partial charge in [-0.2, -0.15) is 17.5 Å². The molecule has 0 saturated carbocycles. The number of benzene rings is 1. The molecule has 0 aliphatic heterocycles. The Kier molecular flexibility index (Phi) is 5.13. The maximum atomic E-state index is 12.4. The second-order valence-corrected chi connectivity index (χ2v) is 5.07. The number of methoxy groups -OCH3 is 1. The highest BCUT2D eigenvalue weighted by Crippen LogP contribution is 2.29. The quantitative estimate of drug-likeness (QED) is 0.887. The molecule has 0 aliphatic carbocycles. The number of nitrogens with zero attached hydrogens (tertiary/aromatic N) is 2. The number of alkyl halides is 3. The van der Waals surface area contributed by atoms with Crippen molar-refractivity contribution in [3.8, 4) is 0 Å². The Balaban J connectivity index is 1.82. The Morgan fingerprint density at radius 1 is 1.24 bits per heavy atom. The minimum absolute atomic E-state index is 0.358. The lowest BCUT2D eigenvalue weighted by atomic mass is 10.1. The topological polar surface area (TPSA) is 47.0 Å². The molecule has 114 valence electrons. The molecule has 0 saturated heterocycles. The molecule has 1 N–H and O–H groups in total. The molecule has 2 rings (SSSR count). The van der Waals surface area contributed by atoms with E-state index in [2.05, 4.69) is 14.7 Å². The fourth-order valence-corrected chi connectivity index (χ4v) is 2.29. The normalized spacial score (nSPS) is 11.6. The van der Waals surface area contributed by atoms with Crippen LogP contribution in [0, 0.1) is 0 Å². The third-order valence-electron chi connectivity index (χ3n) is 2.71. The van der Waals surface area contributed by atoms with Gasteiger partial charge in [0.1, 0.15) is 6.61 Å². The monoisotopic (exact) mass is 317 g/mol. The maximum Gasteiger partial charge on any atom is 0.416 e. The molecule has 21 heavy (non-hydrogen) atoms. The molecule has 1 heterocycles. The molecular formula is C13H14F3N3OS. The van der Waals surface area contributed by atoms with Crippen LogP contribution in [0.4, 0.5) is 18.3 Å². The van der Waals surface area contributed by atoms with Crippen molar-refractivity contribution < 1.29 is 17.9 Å². The summed E-state index contributed by atoms with van der Waals surface area (Å²) in [6.45, 7) is 0.935. The van der Waals surface area contributed by atoms with Gasteiger partial charge in [-0.05, 0) is 24.1 Å². The van der Waals surface area contributed by atoms with Crippen LogP contribution in [0.25, 0.3) is 0 Å². The first-order valence-corrected chi connectivity index (χ1v) is 6.98. The SMILES string of the molecule is COCc1nsc(NCCc2ccc(C(F)(F)F)cc2)n1. The van der Waals surface area contributed by atoms with Crippen molar-refractivity contribution in [3.05, 3.63) is 41.2 Å². The van der Waals surface area contributed by atoms with Crippen LogP contribution in [0.3, 0.4) is 0 Å². The number of hydrogen-bond acceptors (Lipinski definition) is 5. The Morgan fingerprint density at radius 2 is 1.95 bits per heavy atom. The van der Waals surface area contributed by atoms with E-state index in [4.69, 9.17) is 4.74 Å². The third-order valence-corrected chi connectivity index (χ3v) is 3.42. The highest BCUT2D eigenvalue weighted by atomic mass is 32.1. The second kappa shape index (κ2) is 6.86. The highest BCUT2D eigenvalue weighted by Gasteiger charge is 2.29. The molecule has 4 nitrogen and oxygen atoms in total. The molecule has 0 spiro atoms. The minimum Gasteiger partial charge on any atom is -0.377 e. The van der Waals surface area contributed by atoms with Gasteiger partial charge >= 0.3 is 6.18 Å². The molecule has 1 aromatic heterocycles. The predicted molar refractivity (Wildman–Crippen MR) is 74.3 cm³/mol. The zero-order chi connectivity index (χ0) is 15.3. The largest absolute Gasteiger partial charge is 0.416 e. The molecule has 0 fully saturated rings. The molecule has 0 radical (unpaired) electrons. The van der Waals surface area contributed by atoms with E-state index in [9.17, 15) is 13.2 Å². The van der Waals surface area contributed by atoms with Gasteiger partial charge in [0, 0.05) is 25.2 Å². The van der Waals surface area contributed by atoms with Crippen LogP contribution < -0.4 is 5.32 Å².